The second kappa shape index (κ2) is 8.99. The molecule has 0 radical (unpaired) electrons. The topological polar surface area (TPSA) is 75.7 Å². The Labute approximate surface area is 131 Å². The van der Waals surface area contributed by atoms with Crippen molar-refractivity contribution in [1.82, 2.24) is 0 Å². The fourth-order valence-corrected chi connectivity index (χ4v) is 1.67. The monoisotopic (exact) mass is 318 g/mol. The van der Waals surface area contributed by atoms with E-state index in [9.17, 15) is 26.1 Å². The van der Waals surface area contributed by atoms with Crippen LogP contribution in [0.5, 0.6) is 11.5 Å². The number of rotatable bonds is 7. The summed E-state index contributed by atoms with van der Waals surface area (Å²) >= 11 is 0. The molecule has 1 aromatic carbocycles. The van der Waals surface area contributed by atoms with Crippen molar-refractivity contribution in [2.75, 3.05) is 12.4 Å². The average molecular weight is 318 g/mol. The van der Waals surface area contributed by atoms with Crippen molar-refractivity contribution < 1.29 is 54.5 Å². The SMILES string of the molecule is O=S(=O)([O-])CCCOc1cccc(OC(F)=C(F)F)c1.[Li+]. The van der Waals surface area contributed by atoms with Crippen LogP contribution in [-0.4, -0.2) is 25.3 Å². The van der Waals surface area contributed by atoms with Crippen LogP contribution in [0.3, 0.4) is 0 Å². The number of hydrogen-bond acceptors (Lipinski definition) is 5. The molecule has 0 unspecified atom stereocenters. The summed E-state index contributed by atoms with van der Waals surface area (Å²) < 4.78 is 76.5. The van der Waals surface area contributed by atoms with Gasteiger partial charge in [0.05, 0.1) is 16.7 Å². The van der Waals surface area contributed by atoms with Gasteiger partial charge < -0.3 is 14.0 Å². The Bertz CT molecular complexity index is 587. The molecule has 0 saturated heterocycles. The van der Waals surface area contributed by atoms with Gasteiger partial charge >= 0.3 is 31.0 Å². The summed E-state index contributed by atoms with van der Waals surface area (Å²) in [6, 6.07) is 3.18. The van der Waals surface area contributed by atoms with Crippen molar-refractivity contribution in [3.63, 3.8) is 0 Å². The summed E-state index contributed by atoms with van der Waals surface area (Å²) in [5.74, 6) is -0.615. The van der Waals surface area contributed by atoms with E-state index < -0.39 is 28.0 Å². The van der Waals surface area contributed by atoms with Crippen LogP contribution in [0.15, 0.2) is 36.4 Å². The van der Waals surface area contributed by atoms with Gasteiger partial charge in [-0.1, -0.05) is 6.07 Å². The van der Waals surface area contributed by atoms with E-state index in [2.05, 4.69) is 4.74 Å². The van der Waals surface area contributed by atoms with Crippen LogP contribution in [0.2, 0.25) is 0 Å². The van der Waals surface area contributed by atoms with Gasteiger partial charge in [-0.05, 0) is 18.6 Å². The molecule has 0 saturated carbocycles. The van der Waals surface area contributed by atoms with Crippen LogP contribution < -0.4 is 28.3 Å². The van der Waals surface area contributed by atoms with Gasteiger partial charge in [0.2, 0.25) is 0 Å². The van der Waals surface area contributed by atoms with E-state index in [0.29, 0.717) is 0 Å². The van der Waals surface area contributed by atoms with Gasteiger partial charge in [0, 0.05) is 11.8 Å². The molecular formula is C11H10F3LiO5S. The maximum Gasteiger partial charge on any atom is 1.00 e. The molecule has 21 heavy (non-hydrogen) atoms. The number of halogens is 3. The van der Waals surface area contributed by atoms with Crippen molar-refractivity contribution in [2.24, 2.45) is 0 Å². The van der Waals surface area contributed by atoms with Gasteiger partial charge in [0.25, 0.3) is 0 Å². The van der Waals surface area contributed by atoms with Crippen molar-refractivity contribution >= 4 is 10.1 Å². The molecule has 0 fully saturated rings. The summed E-state index contributed by atoms with van der Waals surface area (Å²) in [6.07, 6.45) is -2.61. The zero-order chi connectivity index (χ0) is 15.2. The zero-order valence-corrected chi connectivity index (χ0v) is 11.8. The summed E-state index contributed by atoms with van der Waals surface area (Å²) in [5.41, 5.74) is 0. The summed E-state index contributed by atoms with van der Waals surface area (Å²) in [5, 5.41) is 0. The van der Waals surface area contributed by atoms with Crippen molar-refractivity contribution in [1.29, 1.82) is 0 Å². The third kappa shape index (κ3) is 8.67. The van der Waals surface area contributed by atoms with E-state index in [1.165, 1.54) is 18.2 Å². The molecule has 0 atom stereocenters. The summed E-state index contributed by atoms with van der Waals surface area (Å²) in [4.78, 5) is 0. The molecule has 10 heteroatoms. The van der Waals surface area contributed by atoms with Crippen LogP contribution in [0, 0.1) is 0 Å². The quantitative estimate of drug-likeness (QED) is 0.291. The van der Waals surface area contributed by atoms with Crippen LogP contribution in [0.1, 0.15) is 6.42 Å². The minimum atomic E-state index is -4.31. The second-order valence-electron chi connectivity index (χ2n) is 3.57. The normalized spacial score (nSPS) is 10.5. The van der Waals surface area contributed by atoms with Crippen molar-refractivity contribution in [3.05, 3.63) is 36.4 Å². The predicted molar refractivity (Wildman–Crippen MR) is 62.1 cm³/mol. The zero-order valence-electron chi connectivity index (χ0n) is 11.0. The predicted octanol–water partition coefficient (Wildman–Crippen LogP) is -0.581. The molecule has 1 aromatic rings. The molecule has 0 aliphatic carbocycles. The van der Waals surface area contributed by atoms with Crippen LogP contribution in [0.4, 0.5) is 13.2 Å². The molecular weight excluding hydrogens is 308 g/mol. The minimum Gasteiger partial charge on any atom is -0.748 e. The van der Waals surface area contributed by atoms with E-state index in [1.807, 2.05) is 0 Å². The van der Waals surface area contributed by atoms with E-state index in [1.54, 1.807) is 0 Å². The fourth-order valence-electron chi connectivity index (χ4n) is 1.20. The van der Waals surface area contributed by atoms with Crippen LogP contribution in [-0.2, 0) is 10.1 Å². The molecule has 0 spiro atoms. The maximum atomic E-state index is 12.5. The first-order chi connectivity index (χ1) is 9.28. The van der Waals surface area contributed by atoms with Crippen molar-refractivity contribution in [2.45, 2.75) is 6.42 Å². The third-order valence-electron chi connectivity index (χ3n) is 1.97. The van der Waals surface area contributed by atoms with Gasteiger partial charge in [-0.15, -0.1) is 0 Å². The smallest absolute Gasteiger partial charge is 0.748 e. The Balaban J connectivity index is 0.00000400. The first kappa shape index (κ1) is 19.9. The second-order valence-corrected chi connectivity index (χ2v) is 5.10. The van der Waals surface area contributed by atoms with E-state index in [4.69, 9.17) is 4.74 Å². The molecule has 0 aromatic heterocycles. The minimum absolute atomic E-state index is 0. The molecule has 0 aliphatic heterocycles. The van der Waals surface area contributed by atoms with Gasteiger partial charge in [-0.25, -0.2) is 8.42 Å². The Morgan fingerprint density at radius 3 is 2.38 bits per heavy atom. The molecule has 1 rings (SSSR count). The molecule has 5 nitrogen and oxygen atoms in total. The van der Waals surface area contributed by atoms with Crippen LogP contribution >= 0.6 is 0 Å². The number of hydrogen-bond donors (Lipinski definition) is 0. The van der Waals surface area contributed by atoms with Gasteiger partial charge in [0.1, 0.15) is 11.5 Å². The Hall–Kier alpha value is -1.14. The molecule has 0 heterocycles. The fraction of sp³-hybridized carbons (Fsp3) is 0.273. The van der Waals surface area contributed by atoms with Gasteiger partial charge in [-0.3, -0.25) is 0 Å². The molecule has 0 aliphatic rings. The Kier molecular flexibility index (Phi) is 8.50. The third-order valence-corrected chi connectivity index (χ3v) is 2.76. The molecule has 0 bridgehead atoms. The van der Waals surface area contributed by atoms with Crippen LogP contribution in [0.25, 0.3) is 0 Å². The number of benzene rings is 1. The first-order valence-electron chi connectivity index (χ1n) is 5.33. The van der Waals surface area contributed by atoms with Crippen molar-refractivity contribution in [3.8, 4) is 11.5 Å². The Morgan fingerprint density at radius 2 is 1.81 bits per heavy atom. The summed E-state index contributed by atoms with van der Waals surface area (Å²) in [6.45, 7) is -0.0687. The van der Waals surface area contributed by atoms with E-state index in [-0.39, 0.29) is 43.4 Å². The maximum absolute atomic E-state index is 12.5. The molecule has 112 valence electrons. The number of ether oxygens (including phenoxy) is 2. The molecule has 0 amide bonds. The standard InChI is InChI=1S/C11H11F3O5S.Li/c12-10(13)11(14)19-9-4-1-3-8(7-9)18-5-2-6-20(15,16)17;/h1,3-4,7H,2,5-6H2,(H,15,16,17);/q;+1/p-1. The average Bonchev–Trinajstić information content (AvgIpc) is 2.34. The Morgan fingerprint density at radius 1 is 1.19 bits per heavy atom. The summed E-state index contributed by atoms with van der Waals surface area (Å²) in [7, 11) is -4.31. The van der Waals surface area contributed by atoms with E-state index >= 15 is 0 Å². The largest absolute Gasteiger partial charge is 1.00 e. The van der Waals surface area contributed by atoms with E-state index in [0.717, 1.165) is 6.07 Å². The first-order valence-corrected chi connectivity index (χ1v) is 6.91. The molecule has 0 N–H and O–H groups in total. The van der Waals surface area contributed by atoms with Gasteiger partial charge in [0.15, 0.2) is 0 Å². The van der Waals surface area contributed by atoms with Gasteiger partial charge in [-0.2, -0.15) is 13.2 Å².